The molecule has 0 bridgehead atoms. The van der Waals surface area contributed by atoms with Gasteiger partial charge in [0.2, 0.25) is 0 Å². The summed E-state index contributed by atoms with van der Waals surface area (Å²) in [6, 6.07) is 5.90. The molecule has 0 aliphatic heterocycles. The molecule has 20 heavy (non-hydrogen) atoms. The smallest absolute Gasteiger partial charge is 0.148 e. The first-order chi connectivity index (χ1) is 9.79. The number of hydrogen-bond donors (Lipinski definition) is 2. The Morgan fingerprint density at radius 1 is 1.45 bits per heavy atom. The number of aromatic nitrogens is 2. The van der Waals surface area contributed by atoms with E-state index in [0.29, 0.717) is 0 Å². The first-order valence-corrected chi connectivity index (χ1v) is 7.12. The van der Waals surface area contributed by atoms with Crippen molar-refractivity contribution in [1.29, 1.82) is 0 Å². The summed E-state index contributed by atoms with van der Waals surface area (Å²) in [5.41, 5.74) is 1.08. The van der Waals surface area contributed by atoms with Crippen molar-refractivity contribution >= 4 is 15.9 Å². The van der Waals surface area contributed by atoms with Gasteiger partial charge in [0.25, 0.3) is 0 Å². The van der Waals surface area contributed by atoms with Crippen molar-refractivity contribution in [3.63, 3.8) is 0 Å². The van der Waals surface area contributed by atoms with Crippen LogP contribution in [0.25, 0.3) is 0 Å². The van der Waals surface area contributed by atoms with E-state index in [1.165, 1.54) is 0 Å². The Labute approximate surface area is 127 Å². The lowest BCUT2D eigenvalue weighted by Crippen LogP contribution is -2.17. The number of nitrogens with zero attached hydrogens (tertiary/aromatic N) is 1. The molecule has 0 saturated carbocycles. The summed E-state index contributed by atoms with van der Waals surface area (Å²) in [6.45, 7) is 1.84. The van der Waals surface area contributed by atoms with E-state index < -0.39 is 0 Å². The van der Waals surface area contributed by atoms with E-state index >= 15 is 0 Å². The summed E-state index contributed by atoms with van der Waals surface area (Å²) in [5.74, 6) is 4.28. The van der Waals surface area contributed by atoms with Crippen molar-refractivity contribution in [3.8, 4) is 18.1 Å². The van der Waals surface area contributed by atoms with Gasteiger partial charge in [0.05, 0.1) is 0 Å². The molecule has 5 heteroatoms. The normalized spacial score (nSPS) is 10.2. The third kappa shape index (κ3) is 4.41. The monoisotopic (exact) mass is 333 g/mol. The minimum Gasteiger partial charge on any atom is -0.481 e. The second kappa shape index (κ2) is 7.73. The van der Waals surface area contributed by atoms with Gasteiger partial charge in [-0.15, -0.1) is 6.42 Å². The number of ether oxygens (including phenoxy) is 1. The predicted molar refractivity (Wildman–Crippen MR) is 82.5 cm³/mol. The van der Waals surface area contributed by atoms with E-state index in [2.05, 4.69) is 37.1 Å². The number of imidazole rings is 1. The number of nitrogens with one attached hydrogen (secondary N) is 2. The first kappa shape index (κ1) is 14.6. The molecule has 0 spiro atoms. The van der Waals surface area contributed by atoms with E-state index in [0.717, 1.165) is 41.1 Å². The van der Waals surface area contributed by atoms with Gasteiger partial charge in [-0.05, 0) is 18.2 Å². The summed E-state index contributed by atoms with van der Waals surface area (Å²) in [6.07, 6.45) is 9.67. The number of benzene rings is 1. The maximum atomic E-state index is 5.53. The highest BCUT2D eigenvalue weighted by atomic mass is 79.9. The lowest BCUT2D eigenvalue weighted by atomic mass is 10.2. The second-order valence-electron chi connectivity index (χ2n) is 4.21. The van der Waals surface area contributed by atoms with Crippen molar-refractivity contribution in [2.24, 2.45) is 0 Å². The number of aromatic amines is 1. The van der Waals surface area contributed by atoms with Crippen LogP contribution in [-0.2, 0) is 13.0 Å². The number of halogens is 1. The molecular weight excluding hydrogens is 318 g/mol. The molecule has 0 atom stereocenters. The van der Waals surface area contributed by atoms with Crippen LogP contribution in [0.4, 0.5) is 0 Å². The fraction of sp³-hybridized carbons (Fsp3) is 0.267. The molecular formula is C15H16BrN3O. The molecule has 1 heterocycles. The highest BCUT2D eigenvalue weighted by Gasteiger charge is 2.04. The van der Waals surface area contributed by atoms with Crippen LogP contribution in [0.5, 0.6) is 5.75 Å². The predicted octanol–water partition coefficient (Wildman–Crippen LogP) is 2.52. The van der Waals surface area contributed by atoms with Gasteiger partial charge in [-0.1, -0.05) is 21.9 Å². The van der Waals surface area contributed by atoms with E-state index in [-0.39, 0.29) is 6.61 Å². The lowest BCUT2D eigenvalue weighted by Gasteiger charge is -2.11. The third-order valence-electron chi connectivity index (χ3n) is 2.74. The molecule has 2 N–H and O–H groups in total. The first-order valence-electron chi connectivity index (χ1n) is 6.33. The average Bonchev–Trinajstić information content (AvgIpc) is 2.96. The lowest BCUT2D eigenvalue weighted by molar-refractivity contribution is 0.364. The Morgan fingerprint density at radius 2 is 2.35 bits per heavy atom. The third-order valence-corrected chi connectivity index (χ3v) is 3.24. The van der Waals surface area contributed by atoms with Gasteiger partial charge >= 0.3 is 0 Å². The number of hydrogen-bond acceptors (Lipinski definition) is 3. The quantitative estimate of drug-likeness (QED) is 0.604. The molecule has 0 aliphatic rings. The van der Waals surface area contributed by atoms with E-state index in [1.54, 1.807) is 6.20 Å². The van der Waals surface area contributed by atoms with Crippen LogP contribution in [-0.4, -0.2) is 23.1 Å². The molecule has 0 saturated heterocycles. The van der Waals surface area contributed by atoms with E-state index in [1.807, 2.05) is 24.4 Å². The zero-order valence-electron chi connectivity index (χ0n) is 11.0. The van der Waals surface area contributed by atoms with Crippen molar-refractivity contribution in [3.05, 3.63) is 46.5 Å². The Hall–Kier alpha value is -1.77. The fourth-order valence-electron chi connectivity index (χ4n) is 1.81. The fourth-order valence-corrected chi connectivity index (χ4v) is 2.22. The van der Waals surface area contributed by atoms with E-state index in [9.17, 15) is 0 Å². The topological polar surface area (TPSA) is 49.9 Å². The van der Waals surface area contributed by atoms with Crippen LogP contribution < -0.4 is 10.1 Å². The van der Waals surface area contributed by atoms with Crippen molar-refractivity contribution < 1.29 is 4.74 Å². The van der Waals surface area contributed by atoms with Crippen LogP contribution in [0.15, 0.2) is 35.1 Å². The Bertz CT molecular complexity index is 575. The number of terminal acetylenes is 1. The second-order valence-corrected chi connectivity index (χ2v) is 5.12. The summed E-state index contributed by atoms with van der Waals surface area (Å²) in [5, 5.41) is 3.37. The molecule has 104 valence electrons. The molecule has 1 aromatic heterocycles. The molecule has 0 amide bonds. The van der Waals surface area contributed by atoms with Crippen molar-refractivity contribution in [2.75, 3.05) is 13.2 Å². The van der Waals surface area contributed by atoms with Gasteiger partial charge in [0.15, 0.2) is 0 Å². The SMILES string of the molecule is C#CCOc1ccc(Br)cc1CNCCc1ncc[nH]1. The standard InChI is InChI=1S/C15H16BrN3O/c1-2-9-20-14-4-3-13(16)10-12(14)11-17-6-5-15-18-7-8-19-15/h1,3-4,7-8,10,17H,5-6,9,11H2,(H,18,19). The summed E-state index contributed by atoms with van der Waals surface area (Å²) in [7, 11) is 0. The molecule has 0 fully saturated rings. The molecule has 4 nitrogen and oxygen atoms in total. The van der Waals surface area contributed by atoms with E-state index in [4.69, 9.17) is 11.2 Å². The van der Waals surface area contributed by atoms with Gasteiger partial charge in [-0.25, -0.2) is 4.98 Å². The van der Waals surface area contributed by atoms with Crippen LogP contribution in [0.2, 0.25) is 0 Å². The largest absolute Gasteiger partial charge is 0.481 e. The molecule has 1 aromatic carbocycles. The molecule has 2 aromatic rings. The zero-order valence-corrected chi connectivity index (χ0v) is 12.6. The minimum absolute atomic E-state index is 0.279. The highest BCUT2D eigenvalue weighted by molar-refractivity contribution is 9.10. The Kier molecular flexibility index (Phi) is 5.66. The minimum atomic E-state index is 0.279. The number of rotatable bonds is 7. The Morgan fingerprint density at radius 3 is 3.10 bits per heavy atom. The molecule has 0 aliphatic carbocycles. The van der Waals surface area contributed by atoms with Crippen LogP contribution in [0.1, 0.15) is 11.4 Å². The Balaban J connectivity index is 1.87. The van der Waals surface area contributed by atoms with Crippen LogP contribution in [0.3, 0.4) is 0 Å². The van der Waals surface area contributed by atoms with Gasteiger partial charge < -0.3 is 15.0 Å². The highest BCUT2D eigenvalue weighted by Crippen LogP contribution is 2.23. The van der Waals surface area contributed by atoms with Gasteiger partial charge in [0, 0.05) is 41.9 Å². The van der Waals surface area contributed by atoms with Crippen LogP contribution in [0, 0.1) is 12.3 Å². The van der Waals surface area contributed by atoms with Crippen molar-refractivity contribution in [1.82, 2.24) is 15.3 Å². The summed E-state index contributed by atoms with van der Waals surface area (Å²) < 4.78 is 6.55. The average molecular weight is 334 g/mol. The molecule has 0 radical (unpaired) electrons. The van der Waals surface area contributed by atoms with Gasteiger partial charge in [-0.2, -0.15) is 0 Å². The maximum Gasteiger partial charge on any atom is 0.148 e. The maximum absolute atomic E-state index is 5.53. The van der Waals surface area contributed by atoms with Gasteiger partial charge in [-0.3, -0.25) is 0 Å². The number of H-pyrrole nitrogens is 1. The molecule has 0 unspecified atom stereocenters. The van der Waals surface area contributed by atoms with Crippen molar-refractivity contribution in [2.45, 2.75) is 13.0 Å². The summed E-state index contributed by atoms with van der Waals surface area (Å²) in [4.78, 5) is 7.26. The van der Waals surface area contributed by atoms with Crippen LogP contribution >= 0.6 is 15.9 Å². The summed E-state index contributed by atoms with van der Waals surface area (Å²) >= 11 is 3.47. The van der Waals surface area contributed by atoms with Gasteiger partial charge in [0.1, 0.15) is 18.2 Å². The zero-order chi connectivity index (χ0) is 14.2. The molecule has 2 rings (SSSR count).